The molecule has 12 aromatic rings. The Labute approximate surface area is 786 Å². The van der Waals surface area contributed by atoms with Gasteiger partial charge in [-0.2, -0.15) is 0 Å². The van der Waals surface area contributed by atoms with Crippen LogP contribution in [0.25, 0.3) is 0 Å². The molecule has 12 aromatic carbocycles. The number of benzene rings is 12. The molecule has 4 saturated carbocycles. The molecular weight excluding hydrogens is 1800 g/mol. The second kappa shape index (κ2) is 32.7. The molecule has 8 aliphatic heterocycles. The lowest BCUT2D eigenvalue weighted by Crippen LogP contribution is -2.64. The van der Waals surface area contributed by atoms with E-state index >= 15 is 0 Å². The minimum Gasteiger partial charge on any atom is -0.481 e. The molecule has 8 heterocycles. The van der Waals surface area contributed by atoms with Gasteiger partial charge in [-0.05, 0) is 203 Å². The van der Waals surface area contributed by atoms with Crippen molar-refractivity contribution < 1.29 is 155 Å². The van der Waals surface area contributed by atoms with Crippen LogP contribution >= 0.6 is 0 Å². The summed E-state index contributed by atoms with van der Waals surface area (Å²) in [6, 6.07) is 45.8. The normalized spacial score (nSPS) is 22.5. The average Bonchev–Trinajstić information content (AvgIpc) is 0.717. The van der Waals surface area contributed by atoms with Crippen LogP contribution in [-0.2, 0) is 25.1 Å². The fourth-order valence-electron chi connectivity index (χ4n) is 22.2. The molecule has 0 amide bonds. The summed E-state index contributed by atoms with van der Waals surface area (Å²) in [6.45, 7) is 0. The van der Waals surface area contributed by atoms with E-state index in [1.165, 1.54) is 146 Å². The van der Waals surface area contributed by atoms with Gasteiger partial charge in [-0.3, -0.25) is 19.2 Å². The summed E-state index contributed by atoms with van der Waals surface area (Å²) in [5, 5.41) is 94.2. The average molecular weight is 1880 g/mol. The van der Waals surface area contributed by atoms with Crippen molar-refractivity contribution in [1.29, 1.82) is 0 Å². The highest BCUT2D eigenvalue weighted by Crippen LogP contribution is 2.62. The summed E-state index contributed by atoms with van der Waals surface area (Å²) in [4.78, 5) is 111. The zero-order valence-electron chi connectivity index (χ0n) is 73.0. The van der Waals surface area contributed by atoms with Crippen molar-refractivity contribution in [3.63, 3.8) is 0 Å². The topological polar surface area (TPSA) is 458 Å². The predicted octanol–water partition coefficient (Wildman–Crippen LogP) is 21.8. The number of nitrogens with one attached hydrogen (secondary N) is 1. The van der Waals surface area contributed by atoms with Crippen molar-refractivity contribution in [2.75, 3.05) is 0 Å². The van der Waals surface area contributed by atoms with Crippen molar-refractivity contribution in [2.45, 2.75) is 138 Å². The van der Waals surface area contributed by atoms with Crippen LogP contribution in [0.4, 0.5) is 0 Å². The number of aliphatic carboxylic acids is 4. The third kappa shape index (κ3) is 16.0. The van der Waals surface area contributed by atoms with E-state index in [2.05, 4.69) is 5.32 Å². The second-order valence-electron chi connectivity index (χ2n) is 37.0. The monoisotopic (exact) mass is 1880 g/mol. The maximum Gasteiger partial charge on any atom is 0.342 e. The van der Waals surface area contributed by atoms with Crippen LogP contribution in [0.1, 0.15) is 234 Å². The van der Waals surface area contributed by atoms with Crippen molar-refractivity contribution in [1.82, 2.24) is 5.32 Å². The number of fused-ring (bicyclic) bond motifs is 16. The number of carbonyl (C=O) groups is 8. The first-order chi connectivity index (χ1) is 67.1. The quantitative estimate of drug-likeness (QED) is 0.0385. The van der Waals surface area contributed by atoms with E-state index in [1.54, 1.807) is 48.5 Å². The number of carboxylic acids is 8. The van der Waals surface area contributed by atoms with Crippen LogP contribution in [0, 0.1) is 23.7 Å². The van der Waals surface area contributed by atoms with Gasteiger partial charge in [-0.15, -0.1) is 0 Å². The number of rotatable bonds is 18. The van der Waals surface area contributed by atoms with Gasteiger partial charge >= 0.3 is 53.7 Å². The van der Waals surface area contributed by atoms with E-state index in [-0.39, 0.29) is 265 Å². The number of aromatic carboxylic acids is 4. The molecule has 0 spiro atoms. The SMILES string of the molecule is O=C(O)CCC1c2cc3c4cc2OC2Oc5cc6c(cc51)C(CCC(=O)O)c1cc5c7cc1OC(O6)c1cc6cc(c1)Oc1cc(cc(C(=O)O)c1)Oc1cc8cc(c1)C(NC1C9CC%10CC(C9)CC1C%10)(Oc1cc(c(cc1C5CCC(=O)O)C3CCC(=O)O)OC(O4)c1cc(cc(c1)Oc1cc(cc(C(=O)O)c1)O8)Oc1cc(cc(C(=O)O)c1)Oc1cc(cc2c1)Oc1cc(cc(C(=O)O)c1)O6)O7. The molecule has 4 fully saturated rings. The first kappa shape index (κ1) is 85.1. The summed E-state index contributed by atoms with van der Waals surface area (Å²) in [6.07, 6.45) is -4.78. The number of carboxylic acid groups (broad SMARTS) is 8. The van der Waals surface area contributed by atoms with Crippen LogP contribution < -0.4 is 81.1 Å². The second-order valence-corrected chi connectivity index (χ2v) is 37.0. The van der Waals surface area contributed by atoms with E-state index < -0.39 is 128 Å². The molecule has 33 heteroatoms. The van der Waals surface area contributed by atoms with Crippen molar-refractivity contribution in [3.8, 4) is 138 Å². The number of hydrogen-bond acceptors (Lipinski definition) is 25. The van der Waals surface area contributed by atoms with Crippen molar-refractivity contribution in [3.05, 3.63) is 283 Å². The summed E-state index contributed by atoms with van der Waals surface area (Å²) >= 11 is 0. The van der Waals surface area contributed by atoms with E-state index in [0.717, 1.165) is 32.1 Å². The summed E-state index contributed by atoms with van der Waals surface area (Å²) in [7, 11) is 0. The lowest BCUT2D eigenvalue weighted by atomic mass is 9.54. The van der Waals surface area contributed by atoms with Crippen molar-refractivity contribution in [2.24, 2.45) is 23.7 Å². The van der Waals surface area contributed by atoms with E-state index in [4.69, 9.17) is 75.8 Å². The van der Waals surface area contributed by atoms with Crippen LogP contribution in [0.15, 0.2) is 194 Å². The first-order valence-corrected chi connectivity index (χ1v) is 45.4. The zero-order chi connectivity index (χ0) is 95.0. The zero-order valence-corrected chi connectivity index (χ0v) is 73.0. The molecule has 4 atom stereocenters. The fraction of sp³-hybridized carbons (Fsp3) is 0.245. The maximum absolute atomic E-state index is 14.0. The molecule has 9 N–H and O–H groups in total. The lowest BCUT2D eigenvalue weighted by Gasteiger charge is -2.56. The minimum absolute atomic E-state index is 0.0290. The number of ether oxygens (including phenoxy) is 16. The molecule has 700 valence electrons. The highest BCUT2D eigenvalue weighted by molar-refractivity contribution is 5.91. The van der Waals surface area contributed by atoms with E-state index in [0.29, 0.717) is 11.8 Å². The fourth-order valence-corrected chi connectivity index (χ4v) is 22.2. The van der Waals surface area contributed by atoms with Gasteiger partial charge < -0.3 is 117 Å². The highest BCUT2D eigenvalue weighted by atomic mass is 16.7. The Morgan fingerprint density at radius 2 is 0.460 bits per heavy atom. The van der Waals surface area contributed by atoms with Crippen LogP contribution in [0.2, 0.25) is 0 Å². The van der Waals surface area contributed by atoms with Gasteiger partial charge in [0.25, 0.3) is 18.9 Å². The maximum atomic E-state index is 14.0. The van der Waals surface area contributed by atoms with Gasteiger partial charge in [0.05, 0.1) is 27.8 Å². The summed E-state index contributed by atoms with van der Waals surface area (Å²) < 4.78 is 118. The Morgan fingerprint density at radius 1 is 0.252 bits per heavy atom. The van der Waals surface area contributed by atoms with Crippen LogP contribution in [0.3, 0.4) is 0 Å². The Bertz CT molecular complexity index is 6930. The molecule has 0 aromatic heterocycles. The van der Waals surface area contributed by atoms with E-state index in [9.17, 15) is 79.2 Å². The van der Waals surface area contributed by atoms with Crippen molar-refractivity contribution >= 4 is 47.8 Å². The lowest BCUT2D eigenvalue weighted by molar-refractivity contribution is -0.178. The smallest absolute Gasteiger partial charge is 0.342 e. The standard InChI is InChI=1S/C106H79NO32/c108-94(109)5-1-74-78-38-80-75(2-6-95(110)111)82-40-84-77(4-8-97(114)115)85-41-83-76(3-7-96(112)113)81-39-79(74)87-43-89(81)135-105-56-25-69-36-71(27-56)129-63-19-53(102(122)123)21-65(33-63)131-73-29-57-28-72(37-73)130-64-20-52(101(120)121)18-62(32-64)128-70-26-55-24-68(35-70)126-60-16-50(99(116)117)14-58(30-60)124-66-22-54(23-67(34-66)125-59-15-51(100(118)119)17-61(31-59)127-69)103(133-87)132-86(78)42-88(80)134-104(55)136-90(82)44-92(84)138-106(57,139-93(85)45-91(83)137-105)107-98-48-10-46-9-47(12-48)13-49(98)11-46/h14-49,74-77,98,103-105,107H,1-13H2,(H,108,109)(H,110,111)(H,112,113)(H,114,115)(H,116,117)(H,118,119)(H,120,121)(H,122,123). The largest absolute Gasteiger partial charge is 0.481 e. The Morgan fingerprint density at radius 3 is 0.683 bits per heavy atom. The molecule has 4 aliphatic carbocycles. The molecule has 4 unspecified atom stereocenters. The Kier molecular flexibility index (Phi) is 20.0. The minimum atomic E-state index is -2.53. The third-order valence-electron chi connectivity index (χ3n) is 27.8. The first-order valence-electron chi connectivity index (χ1n) is 45.4. The van der Waals surface area contributed by atoms with Crippen LogP contribution in [0.5, 0.6) is 138 Å². The highest BCUT2D eigenvalue weighted by Gasteiger charge is 2.55. The Balaban J connectivity index is 0.915. The van der Waals surface area contributed by atoms with Gasteiger partial charge in [0.2, 0.25) is 0 Å². The summed E-state index contributed by atoms with van der Waals surface area (Å²) in [5.41, 5.74) is 0.407. The molecule has 0 radical (unpaired) electrons. The molecule has 0 saturated heterocycles. The van der Waals surface area contributed by atoms with Gasteiger partial charge in [0.1, 0.15) is 138 Å². The van der Waals surface area contributed by atoms with Gasteiger partial charge in [-0.25, -0.2) is 24.5 Å². The van der Waals surface area contributed by atoms with Gasteiger partial charge in [-0.1, -0.05) is 0 Å². The summed E-state index contributed by atoms with van der Waals surface area (Å²) in [5.74, 6) is -20.9. The molecular formula is C106H79NO32. The molecule has 36 bridgehead atoms. The molecule has 139 heavy (non-hydrogen) atoms. The van der Waals surface area contributed by atoms with Crippen LogP contribution in [-0.4, -0.2) is 94.6 Å². The molecule has 33 nitrogen and oxygen atoms in total. The van der Waals surface area contributed by atoms with Gasteiger partial charge in [0.15, 0.2) is 0 Å². The number of hydrogen-bond donors (Lipinski definition) is 9. The van der Waals surface area contributed by atoms with E-state index in [1.807, 2.05) is 0 Å². The third-order valence-corrected chi connectivity index (χ3v) is 27.8. The predicted molar refractivity (Wildman–Crippen MR) is 479 cm³/mol. The van der Waals surface area contributed by atoms with Gasteiger partial charge in [0, 0.05) is 189 Å². The Hall–Kier alpha value is -16.8. The molecule has 12 aliphatic rings. The molecule has 24 rings (SSSR count).